The van der Waals surface area contributed by atoms with E-state index in [9.17, 15) is 0 Å². The molecule has 4 aromatic carbocycles. The van der Waals surface area contributed by atoms with Gasteiger partial charge in [-0.2, -0.15) is 0 Å². The molecule has 4 fully saturated rings. The summed E-state index contributed by atoms with van der Waals surface area (Å²) in [6.07, 6.45) is 18.1. The molecule has 0 radical (unpaired) electrons. The predicted molar refractivity (Wildman–Crippen MR) is 235 cm³/mol. The minimum absolute atomic E-state index is 0.398. The summed E-state index contributed by atoms with van der Waals surface area (Å²) in [5, 5.41) is 0. The van der Waals surface area contributed by atoms with Crippen LogP contribution in [0.2, 0.25) is 0 Å². The monoisotopic (exact) mass is 754 g/mol. The molecule has 0 atom stereocenters. The van der Waals surface area contributed by atoms with Crippen molar-refractivity contribution in [2.45, 2.75) is 107 Å². The van der Waals surface area contributed by atoms with E-state index in [2.05, 4.69) is 92.4 Å². The number of guanidine groups is 2. The van der Waals surface area contributed by atoms with Gasteiger partial charge in [-0.1, -0.05) is 87.1 Å². The first-order valence-corrected chi connectivity index (χ1v) is 23.0. The van der Waals surface area contributed by atoms with E-state index in [1.807, 2.05) is 0 Å². The van der Waals surface area contributed by atoms with Crippen molar-refractivity contribution in [2.24, 2.45) is 9.98 Å². The number of nitrogens with zero attached hydrogens (tertiary/aromatic N) is 6. The molecule has 0 bridgehead atoms. The lowest BCUT2D eigenvalue weighted by Gasteiger charge is -2.42. The fourth-order valence-electron chi connectivity index (χ4n) is 12.7. The molecule has 6 heteroatoms. The Bertz CT molecular complexity index is 2130. The third-order valence-electron chi connectivity index (χ3n) is 15.4. The molecule has 1 spiro atoms. The highest BCUT2D eigenvalue weighted by Crippen LogP contribution is 2.64. The van der Waals surface area contributed by atoms with Gasteiger partial charge in [-0.15, -0.1) is 0 Å². The van der Waals surface area contributed by atoms with E-state index >= 15 is 0 Å². The summed E-state index contributed by atoms with van der Waals surface area (Å²) in [4.78, 5) is 20.5. The molecule has 292 valence electrons. The van der Waals surface area contributed by atoms with Crippen molar-refractivity contribution in [3.63, 3.8) is 0 Å². The Morgan fingerprint density at radius 2 is 0.807 bits per heavy atom. The highest BCUT2D eigenvalue weighted by molar-refractivity contribution is 6.02. The minimum Gasteiger partial charge on any atom is -0.342 e. The number of rotatable bonds is 4. The van der Waals surface area contributed by atoms with Gasteiger partial charge in [0.25, 0.3) is 0 Å². The maximum Gasteiger partial charge on any atom is 0.201 e. The van der Waals surface area contributed by atoms with E-state index in [0.717, 1.165) is 65.2 Å². The molecule has 0 aromatic heterocycles. The Labute approximate surface area is 339 Å². The zero-order valence-electron chi connectivity index (χ0n) is 33.8. The molecule has 2 saturated heterocycles. The van der Waals surface area contributed by atoms with E-state index < -0.39 is 5.41 Å². The molecule has 4 aromatic rings. The smallest absolute Gasteiger partial charge is 0.201 e. The van der Waals surface area contributed by atoms with Gasteiger partial charge in [0.05, 0.1) is 5.41 Å². The largest absolute Gasteiger partial charge is 0.342 e. The lowest BCUT2D eigenvalue weighted by molar-refractivity contribution is 0.360. The van der Waals surface area contributed by atoms with Crippen molar-refractivity contribution in [2.75, 3.05) is 62.2 Å². The normalized spacial score (nSPS) is 22.7. The van der Waals surface area contributed by atoms with Crippen molar-refractivity contribution >= 4 is 23.3 Å². The third-order valence-corrected chi connectivity index (χ3v) is 15.4. The lowest BCUT2D eigenvalue weighted by Crippen LogP contribution is -2.52. The van der Waals surface area contributed by atoms with Crippen LogP contribution in [0.5, 0.6) is 0 Å². The third kappa shape index (κ3) is 5.34. The summed E-state index contributed by atoms with van der Waals surface area (Å²) < 4.78 is 0. The van der Waals surface area contributed by atoms with E-state index in [-0.39, 0.29) is 0 Å². The topological polar surface area (TPSA) is 37.7 Å². The van der Waals surface area contributed by atoms with Crippen LogP contribution in [-0.4, -0.2) is 74.1 Å². The number of benzene rings is 4. The maximum atomic E-state index is 5.17. The molecule has 0 unspecified atom stereocenters. The fraction of sp³-hybridized carbons (Fsp3) is 0.490. The Balaban J connectivity index is 1.11. The summed E-state index contributed by atoms with van der Waals surface area (Å²) in [6.45, 7) is 8.38. The van der Waals surface area contributed by atoms with Gasteiger partial charge in [0.1, 0.15) is 0 Å². The van der Waals surface area contributed by atoms with Gasteiger partial charge < -0.3 is 19.6 Å². The molecule has 4 aliphatic heterocycles. The zero-order chi connectivity index (χ0) is 37.5. The van der Waals surface area contributed by atoms with Gasteiger partial charge in [-0.25, -0.2) is 0 Å². The van der Waals surface area contributed by atoms with Crippen LogP contribution in [0.1, 0.15) is 135 Å². The second-order valence-electron chi connectivity index (χ2n) is 18.5. The van der Waals surface area contributed by atoms with Crippen LogP contribution in [0.15, 0.2) is 82.8 Å². The Hall–Kier alpha value is -4.58. The Morgan fingerprint density at radius 3 is 1.26 bits per heavy atom. The molecular weight excluding hydrogens is 697 g/mol. The average molecular weight is 755 g/mol. The first-order chi connectivity index (χ1) is 28.3. The van der Waals surface area contributed by atoms with Crippen molar-refractivity contribution in [3.8, 4) is 22.3 Å². The van der Waals surface area contributed by atoms with E-state index in [1.165, 1.54) is 145 Å². The molecule has 4 aliphatic carbocycles. The van der Waals surface area contributed by atoms with E-state index in [1.54, 1.807) is 11.1 Å². The number of hydrogen-bond donors (Lipinski definition) is 0. The zero-order valence-corrected chi connectivity index (χ0v) is 33.8. The highest BCUT2D eigenvalue weighted by atomic mass is 15.4. The molecule has 57 heavy (non-hydrogen) atoms. The molecule has 2 saturated carbocycles. The first-order valence-electron chi connectivity index (χ1n) is 23.0. The maximum absolute atomic E-state index is 5.17. The summed E-state index contributed by atoms with van der Waals surface area (Å²) in [7, 11) is 0. The molecule has 4 heterocycles. The molecule has 0 amide bonds. The second-order valence-corrected chi connectivity index (χ2v) is 18.5. The number of aliphatic imine (C=N–C) groups is 2. The van der Waals surface area contributed by atoms with Gasteiger partial charge in [0, 0.05) is 63.7 Å². The molecular formula is C51H58N6. The fourth-order valence-corrected chi connectivity index (χ4v) is 12.7. The summed E-state index contributed by atoms with van der Waals surface area (Å²) in [6, 6.07) is 30.6. The van der Waals surface area contributed by atoms with E-state index in [4.69, 9.17) is 9.98 Å². The number of fused-ring (bicyclic) bond motifs is 12. The van der Waals surface area contributed by atoms with Crippen LogP contribution in [-0.2, 0) is 5.41 Å². The van der Waals surface area contributed by atoms with Crippen LogP contribution >= 0.6 is 0 Å². The summed E-state index contributed by atoms with van der Waals surface area (Å²) in [5.41, 5.74) is 17.0. The number of hydrogen-bond acceptors (Lipinski definition) is 6. The summed E-state index contributed by atoms with van der Waals surface area (Å²) in [5.74, 6) is 3.67. The van der Waals surface area contributed by atoms with Crippen LogP contribution in [0.25, 0.3) is 22.3 Å². The minimum atomic E-state index is -0.398. The predicted octanol–water partition coefficient (Wildman–Crippen LogP) is 10.7. The van der Waals surface area contributed by atoms with Crippen LogP contribution in [0.3, 0.4) is 0 Å². The first kappa shape index (κ1) is 34.5. The van der Waals surface area contributed by atoms with Gasteiger partial charge in [0.2, 0.25) is 11.9 Å². The average Bonchev–Trinajstić information content (AvgIpc) is 3.75. The molecule has 8 aliphatic rings. The van der Waals surface area contributed by atoms with Gasteiger partial charge in [-0.05, 0) is 143 Å². The van der Waals surface area contributed by atoms with Crippen LogP contribution in [0.4, 0.5) is 11.4 Å². The van der Waals surface area contributed by atoms with Gasteiger partial charge in [-0.3, -0.25) is 9.98 Å². The van der Waals surface area contributed by atoms with Crippen molar-refractivity contribution in [1.82, 2.24) is 9.80 Å². The van der Waals surface area contributed by atoms with E-state index in [0.29, 0.717) is 11.8 Å². The lowest BCUT2D eigenvalue weighted by atomic mass is 9.69. The van der Waals surface area contributed by atoms with Crippen LogP contribution in [0, 0.1) is 0 Å². The van der Waals surface area contributed by atoms with Gasteiger partial charge in [0.15, 0.2) is 0 Å². The van der Waals surface area contributed by atoms with Crippen molar-refractivity contribution in [1.29, 1.82) is 0 Å². The highest BCUT2D eigenvalue weighted by Gasteiger charge is 2.53. The number of anilines is 2. The Morgan fingerprint density at radius 1 is 0.404 bits per heavy atom. The van der Waals surface area contributed by atoms with Crippen molar-refractivity contribution in [3.05, 3.63) is 106 Å². The quantitative estimate of drug-likeness (QED) is 0.180. The standard InChI is InChI=1S/C51H58N6/c1-3-11-35(12-4-1)37-15-19-41-42-20-16-38(36-13-5-2-6-14-36)32-46(42)51(45(41)31-37)47-33-39(56-29-9-27-54-25-7-23-52-49(54)56)17-21-43(47)44-22-18-40(34-48(44)51)57-30-10-28-55-26-8-24-53-50(55)57/h15-22,31-36H,1-14,23-30H2. The van der Waals surface area contributed by atoms with Gasteiger partial charge >= 0.3 is 0 Å². The molecule has 0 N–H and O–H groups in total. The van der Waals surface area contributed by atoms with Crippen LogP contribution < -0.4 is 9.80 Å². The SMILES string of the molecule is c1cc2c(cc1C1CCCCC1)C1(c3cc(C4CCCCC4)ccc3-2)c2cc(N3CCCN4CCCN=C43)ccc2-c2ccc(N3CCCN4CCCN=C43)cc21. The Kier molecular flexibility index (Phi) is 8.33. The summed E-state index contributed by atoms with van der Waals surface area (Å²) >= 11 is 0. The molecule has 12 rings (SSSR count). The van der Waals surface area contributed by atoms with Crippen molar-refractivity contribution < 1.29 is 0 Å². The molecule has 6 nitrogen and oxygen atoms in total. The second kappa shape index (κ2) is 13.8.